The van der Waals surface area contributed by atoms with Crippen LogP contribution in [0.1, 0.15) is 47.7 Å². The third kappa shape index (κ3) is 3.78. The largest absolute Gasteiger partial charge is 0.328 e. The number of aryl methyl sites for hydroxylation is 2. The Balaban J connectivity index is 2.62. The third-order valence-corrected chi connectivity index (χ3v) is 2.76. The maximum absolute atomic E-state index is 12.0. The first-order valence-corrected chi connectivity index (χ1v) is 5.86. The van der Waals surface area contributed by atoms with Crippen LogP contribution in [0, 0.1) is 13.8 Å². The molecule has 0 bridgehead atoms. The average molecular weight is 219 g/mol. The van der Waals surface area contributed by atoms with Crippen molar-refractivity contribution in [3.8, 4) is 0 Å². The Labute approximate surface area is 97.9 Å². The number of benzene rings is 1. The van der Waals surface area contributed by atoms with Gasteiger partial charge < -0.3 is 5.73 Å². The van der Waals surface area contributed by atoms with Crippen molar-refractivity contribution in [2.45, 2.75) is 46.1 Å². The number of nitrogens with two attached hydrogens (primary N) is 1. The van der Waals surface area contributed by atoms with Crippen molar-refractivity contribution in [3.63, 3.8) is 0 Å². The van der Waals surface area contributed by atoms with Gasteiger partial charge >= 0.3 is 0 Å². The standard InChI is InChI=1S/C14H21NO/c1-10-7-8-11(2)13(9-10)14(16)6-4-5-12(3)15/h7-9,12H,4-6,15H2,1-3H3. The Morgan fingerprint density at radius 2 is 2.06 bits per heavy atom. The van der Waals surface area contributed by atoms with Crippen molar-refractivity contribution < 1.29 is 4.79 Å². The molecule has 0 aliphatic rings. The smallest absolute Gasteiger partial charge is 0.163 e. The fourth-order valence-electron chi connectivity index (χ4n) is 1.76. The summed E-state index contributed by atoms with van der Waals surface area (Å²) in [6.45, 7) is 5.97. The lowest BCUT2D eigenvalue weighted by molar-refractivity contribution is 0.0978. The van der Waals surface area contributed by atoms with Crippen molar-refractivity contribution in [3.05, 3.63) is 34.9 Å². The average Bonchev–Trinajstić information content (AvgIpc) is 2.21. The minimum Gasteiger partial charge on any atom is -0.328 e. The number of carbonyl (C=O) groups is 1. The second-order valence-electron chi connectivity index (χ2n) is 4.61. The molecule has 0 saturated heterocycles. The highest BCUT2D eigenvalue weighted by atomic mass is 16.1. The molecule has 1 aromatic carbocycles. The molecular weight excluding hydrogens is 198 g/mol. The van der Waals surface area contributed by atoms with E-state index in [1.165, 1.54) is 0 Å². The lowest BCUT2D eigenvalue weighted by Crippen LogP contribution is -2.15. The summed E-state index contributed by atoms with van der Waals surface area (Å²) in [5.41, 5.74) is 8.73. The number of carbonyl (C=O) groups excluding carboxylic acids is 1. The van der Waals surface area contributed by atoms with E-state index in [0.29, 0.717) is 6.42 Å². The zero-order chi connectivity index (χ0) is 12.1. The van der Waals surface area contributed by atoms with Gasteiger partial charge in [0.05, 0.1) is 0 Å². The molecule has 0 amide bonds. The monoisotopic (exact) mass is 219 g/mol. The van der Waals surface area contributed by atoms with Crippen molar-refractivity contribution in [1.82, 2.24) is 0 Å². The van der Waals surface area contributed by atoms with E-state index in [-0.39, 0.29) is 11.8 Å². The molecule has 0 fully saturated rings. The number of Topliss-reactive ketones (excluding diaryl/α,β-unsaturated/α-hetero) is 1. The minimum absolute atomic E-state index is 0.186. The van der Waals surface area contributed by atoms with Crippen molar-refractivity contribution in [1.29, 1.82) is 0 Å². The molecule has 0 aromatic heterocycles. The maximum atomic E-state index is 12.0. The van der Waals surface area contributed by atoms with Crippen molar-refractivity contribution in [2.24, 2.45) is 5.73 Å². The number of hydrogen-bond acceptors (Lipinski definition) is 2. The van der Waals surface area contributed by atoms with Gasteiger partial charge in [-0.3, -0.25) is 4.79 Å². The van der Waals surface area contributed by atoms with Gasteiger partial charge in [-0.1, -0.05) is 17.7 Å². The van der Waals surface area contributed by atoms with E-state index >= 15 is 0 Å². The van der Waals surface area contributed by atoms with Crippen LogP contribution in [0.15, 0.2) is 18.2 Å². The van der Waals surface area contributed by atoms with Gasteiger partial charge in [0.2, 0.25) is 0 Å². The Morgan fingerprint density at radius 3 is 2.69 bits per heavy atom. The highest BCUT2D eigenvalue weighted by molar-refractivity contribution is 5.97. The van der Waals surface area contributed by atoms with Crippen LogP contribution in [0.5, 0.6) is 0 Å². The molecule has 1 aromatic rings. The summed E-state index contributed by atoms with van der Waals surface area (Å²) in [7, 11) is 0. The van der Waals surface area contributed by atoms with Gasteiger partial charge in [0.15, 0.2) is 5.78 Å². The summed E-state index contributed by atoms with van der Waals surface area (Å²) in [6, 6.07) is 6.21. The summed E-state index contributed by atoms with van der Waals surface area (Å²) in [5.74, 6) is 0.238. The molecule has 0 aliphatic carbocycles. The van der Waals surface area contributed by atoms with E-state index in [1.54, 1.807) is 0 Å². The van der Waals surface area contributed by atoms with E-state index in [2.05, 4.69) is 0 Å². The first-order chi connectivity index (χ1) is 7.50. The fourth-order valence-corrected chi connectivity index (χ4v) is 1.76. The first-order valence-electron chi connectivity index (χ1n) is 5.86. The third-order valence-electron chi connectivity index (χ3n) is 2.76. The summed E-state index contributed by atoms with van der Waals surface area (Å²) in [6.07, 6.45) is 2.40. The summed E-state index contributed by atoms with van der Waals surface area (Å²) >= 11 is 0. The SMILES string of the molecule is Cc1ccc(C)c(C(=O)CCCC(C)N)c1. The van der Waals surface area contributed by atoms with Crippen LogP contribution in [0.4, 0.5) is 0 Å². The van der Waals surface area contributed by atoms with Crippen LogP contribution in [0.25, 0.3) is 0 Å². The lowest BCUT2D eigenvalue weighted by atomic mass is 9.98. The van der Waals surface area contributed by atoms with Gasteiger partial charge in [-0.05, 0) is 45.2 Å². The van der Waals surface area contributed by atoms with E-state index < -0.39 is 0 Å². The zero-order valence-corrected chi connectivity index (χ0v) is 10.4. The maximum Gasteiger partial charge on any atom is 0.163 e. The molecule has 1 rings (SSSR count). The van der Waals surface area contributed by atoms with E-state index in [4.69, 9.17) is 5.73 Å². The molecule has 0 saturated carbocycles. The van der Waals surface area contributed by atoms with Crippen LogP contribution in [0.3, 0.4) is 0 Å². The highest BCUT2D eigenvalue weighted by Crippen LogP contribution is 2.14. The molecule has 16 heavy (non-hydrogen) atoms. The molecule has 0 aliphatic heterocycles. The number of rotatable bonds is 5. The zero-order valence-electron chi connectivity index (χ0n) is 10.4. The van der Waals surface area contributed by atoms with E-state index in [9.17, 15) is 4.79 Å². The van der Waals surface area contributed by atoms with Crippen LogP contribution in [-0.2, 0) is 0 Å². The summed E-state index contributed by atoms with van der Waals surface area (Å²) < 4.78 is 0. The molecule has 2 N–H and O–H groups in total. The van der Waals surface area contributed by atoms with Gasteiger partial charge in [0.1, 0.15) is 0 Å². The topological polar surface area (TPSA) is 43.1 Å². The first kappa shape index (κ1) is 12.9. The van der Waals surface area contributed by atoms with Crippen LogP contribution >= 0.6 is 0 Å². The second-order valence-corrected chi connectivity index (χ2v) is 4.61. The van der Waals surface area contributed by atoms with Gasteiger partial charge in [-0.25, -0.2) is 0 Å². The number of hydrogen-bond donors (Lipinski definition) is 1. The Morgan fingerprint density at radius 1 is 1.38 bits per heavy atom. The van der Waals surface area contributed by atoms with Gasteiger partial charge in [-0.2, -0.15) is 0 Å². The molecule has 0 heterocycles. The van der Waals surface area contributed by atoms with Gasteiger partial charge in [0.25, 0.3) is 0 Å². The molecule has 0 spiro atoms. The molecular formula is C14H21NO. The van der Waals surface area contributed by atoms with Crippen LogP contribution < -0.4 is 5.73 Å². The predicted molar refractivity (Wildman–Crippen MR) is 67.7 cm³/mol. The molecule has 1 unspecified atom stereocenters. The quantitative estimate of drug-likeness (QED) is 0.774. The number of ketones is 1. The summed E-state index contributed by atoms with van der Waals surface area (Å²) in [4.78, 5) is 12.0. The molecule has 88 valence electrons. The highest BCUT2D eigenvalue weighted by Gasteiger charge is 2.09. The Kier molecular flexibility index (Phi) is 4.69. The Bertz CT molecular complexity index is 369. The van der Waals surface area contributed by atoms with Gasteiger partial charge in [0, 0.05) is 18.0 Å². The van der Waals surface area contributed by atoms with Crippen LogP contribution in [-0.4, -0.2) is 11.8 Å². The lowest BCUT2D eigenvalue weighted by Gasteiger charge is -2.07. The van der Waals surface area contributed by atoms with E-state index in [1.807, 2.05) is 39.0 Å². The Hall–Kier alpha value is -1.15. The normalized spacial score (nSPS) is 12.5. The van der Waals surface area contributed by atoms with Crippen molar-refractivity contribution >= 4 is 5.78 Å². The van der Waals surface area contributed by atoms with Gasteiger partial charge in [-0.15, -0.1) is 0 Å². The molecule has 2 nitrogen and oxygen atoms in total. The molecule has 2 heteroatoms. The van der Waals surface area contributed by atoms with Crippen molar-refractivity contribution in [2.75, 3.05) is 0 Å². The molecule has 0 radical (unpaired) electrons. The van der Waals surface area contributed by atoms with E-state index in [0.717, 1.165) is 29.5 Å². The summed E-state index contributed by atoms with van der Waals surface area (Å²) in [5, 5.41) is 0. The predicted octanol–water partition coefficient (Wildman–Crippen LogP) is 3.00. The minimum atomic E-state index is 0.186. The second kappa shape index (κ2) is 5.80. The van der Waals surface area contributed by atoms with Crippen LogP contribution in [0.2, 0.25) is 0 Å². The fraction of sp³-hybridized carbons (Fsp3) is 0.500. The molecule has 1 atom stereocenters.